The van der Waals surface area contributed by atoms with Crippen molar-refractivity contribution < 1.29 is 23.8 Å². The van der Waals surface area contributed by atoms with Gasteiger partial charge in [0.2, 0.25) is 5.78 Å². The van der Waals surface area contributed by atoms with Crippen LogP contribution in [0.3, 0.4) is 0 Å². The van der Waals surface area contributed by atoms with Crippen LogP contribution in [-0.4, -0.2) is 26.0 Å². The van der Waals surface area contributed by atoms with Gasteiger partial charge in [-0.15, -0.1) is 11.3 Å². The summed E-state index contributed by atoms with van der Waals surface area (Å²) < 4.78 is 16.3. The molecule has 2 heterocycles. The molecule has 0 atom stereocenters. The third-order valence-electron chi connectivity index (χ3n) is 5.40. The summed E-state index contributed by atoms with van der Waals surface area (Å²) in [7, 11) is 3.16. The van der Waals surface area contributed by atoms with E-state index in [-0.39, 0.29) is 18.4 Å². The summed E-state index contributed by atoms with van der Waals surface area (Å²) in [5.74, 6) is 0.776. The maximum Gasteiger partial charge on any atom is 0.339 e. The third kappa shape index (κ3) is 3.16. The molecule has 5 rings (SSSR count). The molecule has 0 saturated heterocycles. The molecule has 0 amide bonds. The number of rotatable bonds is 5. The number of thiophene rings is 1. The second-order valence-electron chi connectivity index (χ2n) is 7.15. The first-order chi connectivity index (χ1) is 15.1. The van der Waals surface area contributed by atoms with Gasteiger partial charge in [0, 0.05) is 21.6 Å². The predicted molar refractivity (Wildman–Crippen MR) is 119 cm³/mol. The van der Waals surface area contributed by atoms with E-state index in [1.165, 1.54) is 11.3 Å². The molecule has 0 radical (unpaired) electrons. The van der Waals surface area contributed by atoms with Gasteiger partial charge >= 0.3 is 5.97 Å². The van der Waals surface area contributed by atoms with Crippen molar-refractivity contribution in [2.75, 3.05) is 14.2 Å². The summed E-state index contributed by atoms with van der Waals surface area (Å²) >= 11 is 1.37. The van der Waals surface area contributed by atoms with E-state index in [4.69, 9.17) is 14.2 Å². The van der Waals surface area contributed by atoms with Gasteiger partial charge in [-0.25, -0.2) is 4.79 Å². The van der Waals surface area contributed by atoms with Crippen LogP contribution >= 0.6 is 11.3 Å². The van der Waals surface area contributed by atoms with Gasteiger partial charge in [0.05, 0.1) is 24.7 Å². The number of hydrogen-bond acceptors (Lipinski definition) is 6. The number of carbonyl (C=O) groups is 2. The Hall–Kier alpha value is -3.64. The first-order valence-corrected chi connectivity index (χ1v) is 10.5. The van der Waals surface area contributed by atoms with Gasteiger partial charge in [-0.2, -0.15) is 0 Å². The Balaban J connectivity index is 1.73. The zero-order valence-electron chi connectivity index (χ0n) is 16.9. The van der Waals surface area contributed by atoms with E-state index >= 15 is 0 Å². The van der Waals surface area contributed by atoms with Crippen molar-refractivity contribution in [2.24, 2.45) is 0 Å². The maximum atomic E-state index is 12.9. The minimum atomic E-state index is -0.356. The molecule has 0 aliphatic carbocycles. The molecule has 1 aliphatic rings. The largest absolute Gasteiger partial charge is 0.493 e. The lowest BCUT2D eigenvalue weighted by atomic mass is 9.94. The highest BCUT2D eigenvalue weighted by Gasteiger charge is 2.29. The highest BCUT2D eigenvalue weighted by Crippen LogP contribution is 2.44. The summed E-state index contributed by atoms with van der Waals surface area (Å²) in [6, 6.07) is 18.6. The van der Waals surface area contributed by atoms with Gasteiger partial charge in [-0.05, 0) is 41.1 Å². The van der Waals surface area contributed by atoms with Crippen molar-refractivity contribution in [3.05, 3.63) is 82.2 Å². The zero-order valence-corrected chi connectivity index (χ0v) is 17.7. The van der Waals surface area contributed by atoms with Crippen molar-refractivity contribution in [1.82, 2.24) is 0 Å². The van der Waals surface area contributed by atoms with E-state index < -0.39 is 0 Å². The van der Waals surface area contributed by atoms with Gasteiger partial charge in [0.25, 0.3) is 0 Å². The van der Waals surface area contributed by atoms with Crippen molar-refractivity contribution in [3.63, 3.8) is 0 Å². The van der Waals surface area contributed by atoms with Crippen LogP contribution in [0.5, 0.6) is 11.5 Å². The Bertz CT molecular complexity index is 1340. The van der Waals surface area contributed by atoms with Crippen LogP contribution in [0.2, 0.25) is 0 Å². The molecule has 1 aliphatic heterocycles. The Labute approximate surface area is 182 Å². The van der Waals surface area contributed by atoms with Crippen LogP contribution in [0.15, 0.2) is 60.7 Å². The average Bonchev–Trinajstić information content (AvgIpc) is 3.44. The zero-order chi connectivity index (χ0) is 21.5. The van der Waals surface area contributed by atoms with Crippen molar-refractivity contribution in [3.8, 4) is 21.9 Å². The summed E-state index contributed by atoms with van der Waals surface area (Å²) in [5, 5.41) is 1.75. The molecule has 0 N–H and O–H groups in total. The smallest absolute Gasteiger partial charge is 0.339 e. The molecule has 31 heavy (non-hydrogen) atoms. The monoisotopic (exact) mass is 430 g/mol. The number of cyclic esters (lactones) is 1. The van der Waals surface area contributed by atoms with Crippen LogP contribution in [-0.2, 0) is 11.3 Å². The molecule has 0 saturated carbocycles. The molecule has 154 valence electrons. The molecule has 0 unspecified atom stereocenters. The molecule has 0 bridgehead atoms. The summed E-state index contributed by atoms with van der Waals surface area (Å²) in [4.78, 5) is 27.0. The van der Waals surface area contributed by atoms with E-state index in [0.29, 0.717) is 27.5 Å². The fourth-order valence-electron chi connectivity index (χ4n) is 3.93. The lowest BCUT2D eigenvalue weighted by molar-refractivity contribution is 0.0535. The first kappa shape index (κ1) is 19.3. The first-order valence-electron chi connectivity index (χ1n) is 9.69. The fourth-order valence-corrected chi connectivity index (χ4v) is 4.96. The number of benzene rings is 3. The average molecular weight is 430 g/mol. The standard InChI is InChI=1S/C25H18O5S/c1-28-18-11-15-10-16-13-30-25(27)22(16)23(17(15)12-19(18)29-2)20-8-9-21(31-20)24(26)14-6-4-3-5-7-14/h3-12H,13H2,1-2H3. The molecule has 1 aromatic heterocycles. The normalized spacial score (nSPS) is 12.5. The highest BCUT2D eigenvalue weighted by atomic mass is 32.1. The summed E-state index contributed by atoms with van der Waals surface area (Å²) in [6.07, 6.45) is 0. The number of ketones is 1. The van der Waals surface area contributed by atoms with E-state index in [9.17, 15) is 9.59 Å². The van der Waals surface area contributed by atoms with E-state index in [2.05, 4.69) is 0 Å². The maximum absolute atomic E-state index is 12.9. The summed E-state index contributed by atoms with van der Waals surface area (Å²) in [6.45, 7) is 0.229. The minimum absolute atomic E-state index is 0.0458. The van der Waals surface area contributed by atoms with Crippen LogP contribution < -0.4 is 9.47 Å². The molecule has 3 aromatic carbocycles. The van der Waals surface area contributed by atoms with Gasteiger partial charge < -0.3 is 14.2 Å². The number of methoxy groups -OCH3 is 2. The SMILES string of the molecule is COc1cc2cc3c(c(-c4ccc(C(=O)c5ccccc5)s4)c2cc1OC)C(=O)OC3. The number of ether oxygens (including phenoxy) is 3. The van der Waals surface area contributed by atoms with Gasteiger partial charge in [-0.3, -0.25) is 4.79 Å². The molecule has 0 spiro atoms. The molecular weight excluding hydrogens is 412 g/mol. The molecule has 4 aromatic rings. The van der Waals surface area contributed by atoms with Crippen molar-refractivity contribution in [1.29, 1.82) is 0 Å². The number of carbonyl (C=O) groups excluding carboxylic acids is 2. The molecule has 5 nitrogen and oxygen atoms in total. The lowest BCUT2D eigenvalue weighted by Gasteiger charge is -2.13. The van der Waals surface area contributed by atoms with E-state index in [1.807, 2.05) is 48.5 Å². The quantitative estimate of drug-likeness (QED) is 0.310. The van der Waals surface area contributed by atoms with Crippen LogP contribution in [0, 0.1) is 0 Å². The predicted octanol–water partition coefficient (Wildman–Crippen LogP) is 5.49. The van der Waals surface area contributed by atoms with E-state index in [1.54, 1.807) is 26.4 Å². The van der Waals surface area contributed by atoms with Crippen LogP contribution in [0.4, 0.5) is 0 Å². The molecular formula is C25H18O5S. The lowest BCUT2D eigenvalue weighted by Crippen LogP contribution is -1.99. The Morgan fingerprint density at radius 1 is 0.935 bits per heavy atom. The Morgan fingerprint density at radius 3 is 2.42 bits per heavy atom. The highest BCUT2D eigenvalue weighted by molar-refractivity contribution is 7.17. The van der Waals surface area contributed by atoms with Gasteiger partial charge in [0.1, 0.15) is 6.61 Å². The van der Waals surface area contributed by atoms with Crippen molar-refractivity contribution in [2.45, 2.75) is 6.61 Å². The van der Waals surface area contributed by atoms with Gasteiger partial charge in [0.15, 0.2) is 11.5 Å². The Morgan fingerprint density at radius 2 is 1.68 bits per heavy atom. The second-order valence-corrected chi connectivity index (χ2v) is 8.23. The minimum Gasteiger partial charge on any atom is -0.493 e. The van der Waals surface area contributed by atoms with Crippen LogP contribution in [0.25, 0.3) is 21.2 Å². The number of fused-ring (bicyclic) bond motifs is 2. The number of hydrogen-bond donors (Lipinski definition) is 0. The Kier molecular flexibility index (Phi) is 4.71. The van der Waals surface area contributed by atoms with Crippen LogP contribution in [0.1, 0.15) is 31.2 Å². The third-order valence-corrected chi connectivity index (χ3v) is 6.50. The number of esters is 1. The fraction of sp³-hybridized carbons (Fsp3) is 0.120. The van der Waals surface area contributed by atoms with E-state index in [0.717, 1.165) is 26.8 Å². The van der Waals surface area contributed by atoms with Crippen molar-refractivity contribution >= 4 is 33.9 Å². The molecule has 0 fully saturated rings. The topological polar surface area (TPSA) is 61.8 Å². The van der Waals surface area contributed by atoms with Gasteiger partial charge in [-0.1, -0.05) is 30.3 Å². The second kappa shape index (κ2) is 7.56. The molecule has 6 heteroatoms. The summed E-state index contributed by atoms with van der Waals surface area (Å²) in [5.41, 5.74) is 2.75.